The van der Waals surface area contributed by atoms with Gasteiger partial charge in [-0.1, -0.05) is 13.8 Å². The third-order valence-electron chi connectivity index (χ3n) is 2.00. The van der Waals surface area contributed by atoms with Gasteiger partial charge in [0.15, 0.2) is 10.3 Å². The van der Waals surface area contributed by atoms with Crippen molar-refractivity contribution in [2.24, 2.45) is 0 Å². The van der Waals surface area contributed by atoms with Crippen molar-refractivity contribution < 1.29 is 4.42 Å². The molecule has 0 fully saturated rings. The number of halogens is 1. The Morgan fingerprint density at radius 1 is 1.57 bits per heavy atom. The second-order valence-electron chi connectivity index (χ2n) is 3.39. The minimum atomic E-state index is -0.223. The smallest absolute Gasteiger partial charge is 0.275 e. The molecule has 0 amide bonds. The van der Waals surface area contributed by atoms with Crippen LogP contribution in [-0.4, -0.2) is 10.2 Å². The van der Waals surface area contributed by atoms with Gasteiger partial charge in [0.05, 0.1) is 5.39 Å². The maximum atomic E-state index is 11.4. The van der Waals surface area contributed by atoms with Crippen molar-refractivity contribution in [3.05, 3.63) is 26.8 Å². The van der Waals surface area contributed by atoms with E-state index in [1.54, 1.807) is 6.07 Å². The van der Waals surface area contributed by atoms with Gasteiger partial charge in [-0.25, -0.2) is 5.10 Å². The number of H-pyrrole nitrogens is 1. The fourth-order valence-electron chi connectivity index (χ4n) is 1.33. The van der Waals surface area contributed by atoms with Crippen LogP contribution in [0.4, 0.5) is 0 Å². The van der Waals surface area contributed by atoms with Gasteiger partial charge in [0, 0.05) is 12.0 Å². The Hall–Kier alpha value is -1.10. The Labute approximate surface area is 88.4 Å². The first-order valence-electron chi connectivity index (χ1n) is 4.27. The van der Waals surface area contributed by atoms with Crippen LogP contribution in [0.15, 0.2) is 19.9 Å². The van der Waals surface area contributed by atoms with Crippen LogP contribution in [0, 0.1) is 0 Å². The number of aromatic nitrogens is 2. The molecular weight excluding hydrogens is 248 g/mol. The number of furan rings is 1. The third kappa shape index (κ3) is 1.37. The summed E-state index contributed by atoms with van der Waals surface area (Å²) >= 11 is 3.19. The van der Waals surface area contributed by atoms with E-state index in [-0.39, 0.29) is 11.5 Å². The number of hydrogen-bond acceptors (Lipinski definition) is 3. The molecule has 0 atom stereocenters. The highest BCUT2D eigenvalue weighted by atomic mass is 79.9. The summed E-state index contributed by atoms with van der Waals surface area (Å²) in [6.45, 7) is 3.99. The summed E-state index contributed by atoms with van der Waals surface area (Å²) < 4.78 is 5.92. The Morgan fingerprint density at radius 2 is 2.29 bits per heavy atom. The lowest BCUT2D eigenvalue weighted by Crippen LogP contribution is -2.10. The largest absolute Gasteiger partial charge is 0.447 e. The van der Waals surface area contributed by atoms with Gasteiger partial charge in [0.1, 0.15) is 5.69 Å². The Bertz CT molecular complexity index is 527. The molecule has 0 unspecified atom stereocenters. The fraction of sp³-hybridized carbons (Fsp3) is 0.333. The normalized spacial score (nSPS) is 11.4. The van der Waals surface area contributed by atoms with Gasteiger partial charge in [-0.2, -0.15) is 5.10 Å². The number of fused-ring (bicyclic) bond motifs is 1. The Kier molecular flexibility index (Phi) is 2.19. The zero-order valence-electron chi connectivity index (χ0n) is 7.80. The van der Waals surface area contributed by atoms with Crippen LogP contribution in [0.2, 0.25) is 0 Å². The highest BCUT2D eigenvalue weighted by molar-refractivity contribution is 9.10. The van der Waals surface area contributed by atoms with Crippen molar-refractivity contribution in [2.45, 2.75) is 19.8 Å². The minimum absolute atomic E-state index is 0.215. The van der Waals surface area contributed by atoms with Gasteiger partial charge in [0.25, 0.3) is 5.56 Å². The van der Waals surface area contributed by atoms with Crippen LogP contribution in [-0.2, 0) is 0 Å². The molecule has 2 rings (SSSR count). The Balaban J connectivity index is 2.88. The lowest BCUT2D eigenvalue weighted by molar-refractivity contribution is 0.574. The molecular formula is C9H9BrN2O2. The SMILES string of the molecule is CC(C)c1n[nH]c(=O)c2cc(Br)oc12. The second-order valence-corrected chi connectivity index (χ2v) is 4.17. The lowest BCUT2D eigenvalue weighted by atomic mass is 10.1. The van der Waals surface area contributed by atoms with E-state index in [1.807, 2.05) is 13.8 Å². The molecule has 4 nitrogen and oxygen atoms in total. The van der Waals surface area contributed by atoms with Crippen molar-refractivity contribution in [1.82, 2.24) is 10.2 Å². The first-order valence-corrected chi connectivity index (χ1v) is 5.06. The van der Waals surface area contributed by atoms with E-state index >= 15 is 0 Å². The number of aromatic amines is 1. The van der Waals surface area contributed by atoms with E-state index in [2.05, 4.69) is 26.1 Å². The highest BCUT2D eigenvalue weighted by Gasteiger charge is 2.14. The van der Waals surface area contributed by atoms with E-state index in [0.29, 0.717) is 15.6 Å². The molecule has 5 heteroatoms. The molecule has 2 aromatic rings. The summed E-state index contributed by atoms with van der Waals surface area (Å²) in [6.07, 6.45) is 0. The third-order valence-corrected chi connectivity index (χ3v) is 2.39. The molecule has 14 heavy (non-hydrogen) atoms. The van der Waals surface area contributed by atoms with Gasteiger partial charge in [-0.15, -0.1) is 0 Å². The highest BCUT2D eigenvalue weighted by Crippen LogP contribution is 2.25. The molecule has 0 saturated heterocycles. The van der Waals surface area contributed by atoms with E-state index in [0.717, 1.165) is 5.69 Å². The first-order chi connectivity index (χ1) is 6.59. The first kappa shape index (κ1) is 9.45. The van der Waals surface area contributed by atoms with Gasteiger partial charge >= 0.3 is 0 Å². The maximum absolute atomic E-state index is 11.4. The fourth-order valence-corrected chi connectivity index (χ4v) is 1.72. The van der Waals surface area contributed by atoms with Crippen molar-refractivity contribution >= 4 is 26.9 Å². The molecule has 2 heterocycles. The lowest BCUT2D eigenvalue weighted by Gasteiger charge is -2.02. The Morgan fingerprint density at radius 3 is 2.93 bits per heavy atom. The summed E-state index contributed by atoms with van der Waals surface area (Å²) in [4.78, 5) is 11.4. The standard InChI is InChI=1S/C9H9BrN2O2/c1-4(2)7-8-5(3-6(10)14-8)9(13)12-11-7/h3-4H,1-2H3,(H,12,13). The maximum Gasteiger partial charge on any atom is 0.275 e. The summed E-state index contributed by atoms with van der Waals surface area (Å²) in [5.74, 6) is 0.215. The van der Waals surface area contributed by atoms with Crippen LogP contribution in [0.3, 0.4) is 0 Å². The van der Waals surface area contributed by atoms with Crippen molar-refractivity contribution in [3.8, 4) is 0 Å². The van der Waals surface area contributed by atoms with Crippen LogP contribution < -0.4 is 5.56 Å². The number of nitrogens with zero attached hydrogens (tertiary/aromatic N) is 1. The molecule has 0 saturated carbocycles. The van der Waals surface area contributed by atoms with E-state index < -0.39 is 0 Å². The van der Waals surface area contributed by atoms with Crippen LogP contribution in [0.5, 0.6) is 0 Å². The van der Waals surface area contributed by atoms with Crippen molar-refractivity contribution in [3.63, 3.8) is 0 Å². The average molecular weight is 257 g/mol. The summed E-state index contributed by atoms with van der Waals surface area (Å²) in [5.41, 5.74) is 1.11. The van der Waals surface area contributed by atoms with E-state index in [4.69, 9.17) is 4.42 Å². The monoisotopic (exact) mass is 256 g/mol. The van der Waals surface area contributed by atoms with Crippen LogP contribution in [0.1, 0.15) is 25.5 Å². The molecule has 0 aromatic carbocycles. The van der Waals surface area contributed by atoms with Gasteiger partial charge in [-0.05, 0) is 15.9 Å². The van der Waals surface area contributed by atoms with Crippen LogP contribution in [0.25, 0.3) is 11.0 Å². The predicted octanol–water partition coefficient (Wildman–Crippen LogP) is 2.40. The predicted molar refractivity (Wildman–Crippen MR) is 56.4 cm³/mol. The zero-order chi connectivity index (χ0) is 10.3. The quantitative estimate of drug-likeness (QED) is 0.853. The summed E-state index contributed by atoms with van der Waals surface area (Å²) in [7, 11) is 0. The molecule has 0 aliphatic heterocycles. The van der Waals surface area contributed by atoms with Crippen molar-refractivity contribution in [1.29, 1.82) is 0 Å². The molecule has 0 radical (unpaired) electrons. The summed E-state index contributed by atoms with van der Waals surface area (Å²) in [6, 6.07) is 1.65. The minimum Gasteiger partial charge on any atom is -0.447 e. The molecule has 0 aliphatic rings. The molecule has 1 N–H and O–H groups in total. The average Bonchev–Trinajstić information content (AvgIpc) is 2.47. The van der Waals surface area contributed by atoms with Gasteiger partial charge in [-0.3, -0.25) is 4.79 Å². The number of rotatable bonds is 1. The van der Waals surface area contributed by atoms with Gasteiger partial charge in [0.2, 0.25) is 0 Å². The second kappa shape index (κ2) is 3.24. The number of hydrogen-bond donors (Lipinski definition) is 1. The van der Waals surface area contributed by atoms with Crippen molar-refractivity contribution in [2.75, 3.05) is 0 Å². The molecule has 74 valence electrons. The summed E-state index contributed by atoms with van der Waals surface area (Å²) in [5, 5.41) is 6.96. The topological polar surface area (TPSA) is 58.9 Å². The van der Waals surface area contributed by atoms with E-state index in [9.17, 15) is 4.79 Å². The zero-order valence-corrected chi connectivity index (χ0v) is 9.38. The molecule has 0 spiro atoms. The molecule has 0 aliphatic carbocycles. The number of nitrogens with one attached hydrogen (secondary N) is 1. The van der Waals surface area contributed by atoms with Crippen LogP contribution >= 0.6 is 15.9 Å². The molecule has 2 aromatic heterocycles. The van der Waals surface area contributed by atoms with E-state index in [1.165, 1.54) is 0 Å². The molecule has 0 bridgehead atoms. The van der Waals surface area contributed by atoms with Gasteiger partial charge < -0.3 is 4.42 Å².